The maximum atomic E-state index is 12.9. The first kappa shape index (κ1) is 18.0. The van der Waals surface area contributed by atoms with E-state index in [1.165, 1.54) is 12.8 Å². The van der Waals surface area contributed by atoms with E-state index in [-0.39, 0.29) is 11.8 Å². The molecule has 1 aromatic heterocycles. The summed E-state index contributed by atoms with van der Waals surface area (Å²) in [5.41, 5.74) is 3.18. The van der Waals surface area contributed by atoms with E-state index in [1.54, 1.807) is 7.11 Å². The Balaban J connectivity index is 1.43. The SMILES string of the molecule is COc1ccc(-c2nc3c([nH]2)CN(C(=O)[C@H](C)CN2CCCC2)CC3)cc1. The monoisotopic (exact) mass is 368 g/mol. The summed E-state index contributed by atoms with van der Waals surface area (Å²) in [7, 11) is 1.66. The lowest BCUT2D eigenvalue weighted by molar-refractivity contribution is -0.136. The summed E-state index contributed by atoms with van der Waals surface area (Å²) in [6.07, 6.45) is 3.33. The van der Waals surface area contributed by atoms with E-state index in [0.29, 0.717) is 6.54 Å². The molecule has 144 valence electrons. The number of carbonyl (C=O) groups excluding carboxylic acids is 1. The van der Waals surface area contributed by atoms with Gasteiger partial charge >= 0.3 is 0 Å². The highest BCUT2D eigenvalue weighted by atomic mass is 16.5. The van der Waals surface area contributed by atoms with Crippen LogP contribution in [0.25, 0.3) is 11.4 Å². The van der Waals surface area contributed by atoms with Crippen molar-refractivity contribution in [2.45, 2.75) is 32.7 Å². The zero-order chi connectivity index (χ0) is 18.8. The second-order valence-corrected chi connectivity index (χ2v) is 7.66. The van der Waals surface area contributed by atoms with Crippen molar-refractivity contribution in [1.82, 2.24) is 19.8 Å². The fourth-order valence-corrected chi connectivity index (χ4v) is 4.11. The number of ether oxygens (including phenoxy) is 1. The first-order chi connectivity index (χ1) is 13.1. The molecular formula is C21H28N4O2. The molecule has 1 N–H and O–H groups in total. The number of hydrogen-bond donors (Lipinski definition) is 1. The fourth-order valence-electron chi connectivity index (χ4n) is 4.11. The number of carbonyl (C=O) groups is 1. The number of imidazole rings is 1. The number of amides is 1. The number of benzene rings is 1. The number of rotatable bonds is 5. The molecule has 3 heterocycles. The van der Waals surface area contributed by atoms with E-state index < -0.39 is 0 Å². The maximum absolute atomic E-state index is 12.9. The molecule has 6 heteroatoms. The largest absolute Gasteiger partial charge is 0.497 e. The summed E-state index contributed by atoms with van der Waals surface area (Å²) in [4.78, 5) is 25.5. The van der Waals surface area contributed by atoms with Crippen LogP contribution in [0.3, 0.4) is 0 Å². The van der Waals surface area contributed by atoms with E-state index in [4.69, 9.17) is 9.72 Å². The number of nitrogens with zero attached hydrogens (tertiary/aromatic N) is 3. The second-order valence-electron chi connectivity index (χ2n) is 7.66. The van der Waals surface area contributed by atoms with Gasteiger partial charge in [-0.1, -0.05) is 6.92 Å². The Kier molecular flexibility index (Phi) is 5.16. The number of hydrogen-bond acceptors (Lipinski definition) is 4. The lowest BCUT2D eigenvalue weighted by atomic mass is 10.1. The van der Waals surface area contributed by atoms with Crippen LogP contribution in [0.5, 0.6) is 5.75 Å². The van der Waals surface area contributed by atoms with Gasteiger partial charge in [0.2, 0.25) is 5.91 Å². The van der Waals surface area contributed by atoms with E-state index in [0.717, 1.165) is 61.1 Å². The Morgan fingerprint density at radius 3 is 2.67 bits per heavy atom. The van der Waals surface area contributed by atoms with Crippen LogP contribution in [0.4, 0.5) is 0 Å². The molecule has 1 saturated heterocycles. The number of likely N-dealkylation sites (tertiary alicyclic amines) is 1. The van der Waals surface area contributed by atoms with Crippen LogP contribution in [-0.2, 0) is 17.8 Å². The van der Waals surface area contributed by atoms with Crippen LogP contribution in [0.1, 0.15) is 31.2 Å². The third-order valence-electron chi connectivity index (χ3n) is 5.66. The molecule has 0 bridgehead atoms. The summed E-state index contributed by atoms with van der Waals surface area (Å²) in [6, 6.07) is 7.88. The quantitative estimate of drug-likeness (QED) is 0.881. The molecule has 0 aliphatic carbocycles. The topological polar surface area (TPSA) is 61.5 Å². The average Bonchev–Trinajstić information content (AvgIpc) is 3.36. The fraction of sp³-hybridized carbons (Fsp3) is 0.524. The van der Waals surface area contributed by atoms with Crippen LogP contribution in [0, 0.1) is 5.92 Å². The van der Waals surface area contributed by atoms with Gasteiger partial charge in [0.1, 0.15) is 11.6 Å². The van der Waals surface area contributed by atoms with Gasteiger partial charge < -0.3 is 19.5 Å². The minimum absolute atomic E-state index is 0.0497. The molecule has 1 aromatic carbocycles. The number of nitrogens with one attached hydrogen (secondary N) is 1. The maximum Gasteiger partial charge on any atom is 0.227 e. The number of methoxy groups -OCH3 is 1. The van der Waals surface area contributed by atoms with Crippen molar-refractivity contribution in [3.05, 3.63) is 35.7 Å². The van der Waals surface area contributed by atoms with Crippen molar-refractivity contribution in [3.63, 3.8) is 0 Å². The second kappa shape index (κ2) is 7.72. The average molecular weight is 368 g/mol. The van der Waals surface area contributed by atoms with Crippen LogP contribution in [0.2, 0.25) is 0 Å². The zero-order valence-corrected chi connectivity index (χ0v) is 16.2. The van der Waals surface area contributed by atoms with E-state index in [9.17, 15) is 4.79 Å². The first-order valence-electron chi connectivity index (χ1n) is 9.87. The molecule has 4 rings (SSSR count). The van der Waals surface area contributed by atoms with Crippen LogP contribution in [0.15, 0.2) is 24.3 Å². The van der Waals surface area contributed by atoms with Crippen molar-refractivity contribution in [2.24, 2.45) is 5.92 Å². The standard InChI is InChI=1S/C21H28N4O2/c1-15(13-24-10-3-4-11-24)21(26)25-12-9-18-19(14-25)23-20(22-18)16-5-7-17(27-2)8-6-16/h5-8,15H,3-4,9-14H2,1-2H3,(H,22,23)/t15-/m1/s1. The predicted octanol–water partition coefficient (Wildman–Crippen LogP) is 2.70. The van der Waals surface area contributed by atoms with Gasteiger partial charge in [-0.15, -0.1) is 0 Å². The Labute approximate surface area is 160 Å². The van der Waals surface area contributed by atoms with Crippen molar-refractivity contribution in [2.75, 3.05) is 33.3 Å². The van der Waals surface area contributed by atoms with Crippen molar-refractivity contribution in [3.8, 4) is 17.1 Å². The smallest absolute Gasteiger partial charge is 0.227 e. The highest BCUT2D eigenvalue weighted by Crippen LogP contribution is 2.25. The van der Waals surface area contributed by atoms with Gasteiger partial charge in [-0.25, -0.2) is 4.98 Å². The third kappa shape index (κ3) is 3.86. The van der Waals surface area contributed by atoms with Gasteiger partial charge in [-0.3, -0.25) is 4.79 Å². The summed E-state index contributed by atoms with van der Waals surface area (Å²) in [5, 5.41) is 0. The molecule has 0 saturated carbocycles. The number of H-pyrrole nitrogens is 1. The molecule has 1 atom stereocenters. The van der Waals surface area contributed by atoms with E-state index in [1.807, 2.05) is 29.2 Å². The molecule has 2 aromatic rings. The molecule has 0 unspecified atom stereocenters. The Hall–Kier alpha value is -2.34. The van der Waals surface area contributed by atoms with Gasteiger partial charge in [-0.2, -0.15) is 0 Å². The third-order valence-corrected chi connectivity index (χ3v) is 5.66. The van der Waals surface area contributed by atoms with Gasteiger partial charge in [0.05, 0.1) is 25.0 Å². The molecule has 0 spiro atoms. The minimum Gasteiger partial charge on any atom is -0.497 e. The van der Waals surface area contributed by atoms with Gasteiger partial charge in [0.15, 0.2) is 0 Å². The Bertz CT molecular complexity index is 793. The predicted molar refractivity (Wildman–Crippen MR) is 105 cm³/mol. The van der Waals surface area contributed by atoms with Crippen LogP contribution >= 0.6 is 0 Å². The van der Waals surface area contributed by atoms with Gasteiger partial charge in [0, 0.05) is 31.0 Å². The van der Waals surface area contributed by atoms with Gasteiger partial charge in [0.25, 0.3) is 0 Å². The molecule has 1 amide bonds. The summed E-state index contributed by atoms with van der Waals surface area (Å²) in [6.45, 7) is 6.58. The van der Waals surface area contributed by atoms with E-state index in [2.05, 4.69) is 16.8 Å². The molecule has 0 radical (unpaired) electrons. The summed E-state index contributed by atoms with van der Waals surface area (Å²) in [5.74, 6) is 2.00. The minimum atomic E-state index is 0.0497. The highest BCUT2D eigenvalue weighted by Gasteiger charge is 2.28. The van der Waals surface area contributed by atoms with Crippen molar-refractivity contribution < 1.29 is 9.53 Å². The number of aromatic nitrogens is 2. The molecular weight excluding hydrogens is 340 g/mol. The highest BCUT2D eigenvalue weighted by molar-refractivity contribution is 5.79. The summed E-state index contributed by atoms with van der Waals surface area (Å²) < 4.78 is 5.22. The molecule has 1 fully saturated rings. The molecule has 6 nitrogen and oxygen atoms in total. The van der Waals surface area contributed by atoms with E-state index >= 15 is 0 Å². The van der Waals surface area contributed by atoms with Crippen LogP contribution < -0.4 is 4.74 Å². The van der Waals surface area contributed by atoms with Crippen LogP contribution in [-0.4, -0.2) is 59.0 Å². The normalized spacial score (nSPS) is 18.4. The number of aromatic amines is 1. The first-order valence-corrected chi connectivity index (χ1v) is 9.87. The van der Waals surface area contributed by atoms with Crippen molar-refractivity contribution >= 4 is 5.91 Å². The zero-order valence-electron chi connectivity index (χ0n) is 16.2. The van der Waals surface area contributed by atoms with Gasteiger partial charge in [-0.05, 0) is 50.2 Å². The number of fused-ring (bicyclic) bond motifs is 1. The summed E-state index contributed by atoms with van der Waals surface area (Å²) >= 11 is 0. The molecule has 2 aliphatic heterocycles. The lowest BCUT2D eigenvalue weighted by Crippen LogP contribution is -2.42. The lowest BCUT2D eigenvalue weighted by Gasteiger charge is -2.30. The molecule has 27 heavy (non-hydrogen) atoms. The Morgan fingerprint density at radius 1 is 1.22 bits per heavy atom. The Morgan fingerprint density at radius 2 is 1.96 bits per heavy atom. The molecule has 2 aliphatic rings. The van der Waals surface area contributed by atoms with Crippen molar-refractivity contribution in [1.29, 1.82) is 0 Å².